The second-order valence-electron chi connectivity index (χ2n) is 5.64. The molecule has 6 N–H and O–H groups in total. The SMILES string of the molecule is CN(C)[C@H](CNC(=O)NCC/C(=C/N)N=N)Cc1ccc(O)cc1. The topological polar surface area (TPSA) is 127 Å². The van der Waals surface area contributed by atoms with E-state index in [4.69, 9.17) is 11.3 Å². The zero-order chi connectivity index (χ0) is 17.9. The van der Waals surface area contributed by atoms with Gasteiger partial charge >= 0.3 is 6.03 Å². The standard InChI is InChI=1S/C16H26N6O2/c1-22(2)14(9-12-3-5-15(23)6-4-12)11-20-16(24)19-8-7-13(10-17)21-18/h3-6,10,14,18,23H,7-9,11,17H2,1-2H3,(H2,19,20,24)/b13-10-,21-18?/t14-/m0/s1. The van der Waals surface area contributed by atoms with E-state index in [2.05, 4.69) is 15.7 Å². The third kappa shape index (κ3) is 7.10. The van der Waals surface area contributed by atoms with Crippen LogP contribution in [-0.4, -0.2) is 49.3 Å². The molecule has 8 nitrogen and oxygen atoms in total. The predicted molar refractivity (Wildman–Crippen MR) is 92.7 cm³/mol. The summed E-state index contributed by atoms with van der Waals surface area (Å²) in [6.07, 6.45) is 2.43. The first-order valence-electron chi connectivity index (χ1n) is 7.70. The molecular formula is C16H26N6O2. The molecule has 0 heterocycles. The largest absolute Gasteiger partial charge is 0.508 e. The number of phenols is 1. The van der Waals surface area contributed by atoms with Crippen molar-refractivity contribution in [3.63, 3.8) is 0 Å². The summed E-state index contributed by atoms with van der Waals surface area (Å²) >= 11 is 0. The minimum atomic E-state index is -0.270. The van der Waals surface area contributed by atoms with Crippen LogP contribution in [0.25, 0.3) is 0 Å². The molecule has 0 spiro atoms. The second-order valence-corrected chi connectivity index (χ2v) is 5.64. The van der Waals surface area contributed by atoms with Gasteiger partial charge in [-0.1, -0.05) is 12.1 Å². The number of aromatic hydroxyl groups is 1. The Morgan fingerprint density at radius 2 is 2.04 bits per heavy atom. The normalized spacial score (nSPS) is 12.7. The number of hydrogen-bond donors (Lipinski definition) is 5. The molecule has 2 amide bonds. The van der Waals surface area contributed by atoms with E-state index in [1.54, 1.807) is 12.1 Å². The summed E-state index contributed by atoms with van der Waals surface area (Å²) in [7, 11) is 3.91. The molecule has 8 heteroatoms. The Morgan fingerprint density at radius 1 is 1.38 bits per heavy atom. The van der Waals surface area contributed by atoms with E-state index < -0.39 is 0 Å². The number of carbonyl (C=O) groups excluding carboxylic acids is 1. The lowest BCUT2D eigenvalue weighted by Crippen LogP contribution is -2.45. The summed E-state index contributed by atoms with van der Waals surface area (Å²) in [6, 6.07) is 6.91. The highest BCUT2D eigenvalue weighted by atomic mass is 16.3. The first-order valence-corrected chi connectivity index (χ1v) is 7.70. The number of hydrogen-bond acceptors (Lipinski definition) is 6. The number of nitrogens with zero attached hydrogens (tertiary/aromatic N) is 2. The summed E-state index contributed by atoms with van der Waals surface area (Å²) in [4.78, 5) is 13.9. The molecule has 1 aromatic rings. The Hall–Kier alpha value is -2.61. The lowest BCUT2D eigenvalue weighted by atomic mass is 10.1. The van der Waals surface area contributed by atoms with E-state index in [0.29, 0.717) is 25.2 Å². The number of nitrogens with one attached hydrogen (secondary N) is 3. The van der Waals surface area contributed by atoms with Crippen molar-refractivity contribution in [1.29, 1.82) is 5.53 Å². The van der Waals surface area contributed by atoms with E-state index in [1.165, 1.54) is 6.20 Å². The highest BCUT2D eigenvalue weighted by Gasteiger charge is 2.13. The van der Waals surface area contributed by atoms with Crippen molar-refractivity contribution in [2.45, 2.75) is 18.9 Å². The van der Waals surface area contributed by atoms with Gasteiger partial charge in [-0.25, -0.2) is 10.3 Å². The molecule has 0 bridgehead atoms. The Kier molecular flexibility index (Phi) is 8.28. The minimum absolute atomic E-state index is 0.128. The van der Waals surface area contributed by atoms with Crippen LogP contribution < -0.4 is 16.4 Å². The average molecular weight is 334 g/mol. The van der Waals surface area contributed by atoms with Crippen LogP contribution in [0.15, 0.2) is 41.3 Å². The molecule has 0 radical (unpaired) electrons. The van der Waals surface area contributed by atoms with E-state index in [9.17, 15) is 9.90 Å². The summed E-state index contributed by atoms with van der Waals surface area (Å²) in [5.41, 5.74) is 13.7. The number of phenolic OH excluding ortho intramolecular Hbond substituents is 1. The molecular weight excluding hydrogens is 308 g/mol. The van der Waals surface area contributed by atoms with Gasteiger partial charge in [0.25, 0.3) is 0 Å². The fourth-order valence-electron chi connectivity index (χ4n) is 2.10. The smallest absolute Gasteiger partial charge is 0.314 e. The number of amides is 2. The molecule has 132 valence electrons. The van der Waals surface area contributed by atoms with Gasteiger partial charge in [-0.3, -0.25) is 0 Å². The molecule has 0 saturated heterocycles. The van der Waals surface area contributed by atoms with Gasteiger partial charge in [-0.15, -0.1) is 0 Å². The van der Waals surface area contributed by atoms with Crippen LogP contribution in [0.4, 0.5) is 4.79 Å². The first-order chi connectivity index (χ1) is 11.5. The molecule has 0 aliphatic rings. The zero-order valence-corrected chi connectivity index (χ0v) is 14.1. The number of rotatable bonds is 9. The number of benzene rings is 1. The van der Waals surface area contributed by atoms with Gasteiger partial charge in [0, 0.05) is 31.8 Å². The van der Waals surface area contributed by atoms with Gasteiger partial charge < -0.3 is 26.4 Å². The fraction of sp³-hybridized carbons (Fsp3) is 0.438. The van der Waals surface area contributed by atoms with E-state index >= 15 is 0 Å². The third-order valence-electron chi connectivity index (χ3n) is 3.64. The van der Waals surface area contributed by atoms with Crippen molar-refractivity contribution >= 4 is 6.03 Å². The Bertz CT molecular complexity index is 556. The van der Waals surface area contributed by atoms with Crippen LogP contribution in [0.2, 0.25) is 0 Å². The molecule has 0 unspecified atom stereocenters. The average Bonchev–Trinajstić information content (AvgIpc) is 2.57. The number of likely N-dealkylation sites (N-methyl/N-ethyl adjacent to an activating group) is 1. The maximum absolute atomic E-state index is 11.8. The highest BCUT2D eigenvalue weighted by molar-refractivity contribution is 5.73. The summed E-state index contributed by atoms with van der Waals surface area (Å²) in [5, 5.41) is 18.1. The third-order valence-corrected chi connectivity index (χ3v) is 3.64. The molecule has 1 rings (SSSR count). The number of nitrogens with two attached hydrogens (primary N) is 1. The molecule has 24 heavy (non-hydrogen) atoms. The number of urea groups is 1. The maximum Gasteiger partial charge on any atom is 0.314 e. The Morgan fingerprint density at radius 3 is 2.58 bits per heavy atom. The molecule has 1 aromatic carbocycles. The second kappa shape index (κ2) is 10.2. The van der Waals surface area contributed by atoms with Gasteiger partial charge in [0.2, 0.25) is 0 Å². The van der Waals surface area contributed by atoms with Gasteiger partial charge in [-0.2, -0.15) is 5.11 Å². The van der Waals surface area contributed by atoms with Crippen LogP contribution in [0.3, 0.4) is 0 Å². The lowest BCUT2D eigenvalue weighted by molar-refractivity contribution is 0.232. The predicted octanol–water partition coefficient (Wildman–Crippen LogP) is 1.39. The van der Waals surface area contributed by atoms with Gasteiger partial charge in [0.15, 0.2) is 0 Å². The highest BCUT2D eigenvalue weighted by Crippen LogP contribution is 2.12. The Balaban J connectivity index is 2.41. The summed E-state index contributed by atoms with van der Waals surface area (Å²) in [5.74, 6) is 0.239. The van der Waals surface area contributed by atoms with Gasteiger partial charge in [0.1, 0.15) is 5.75 Å². The first kappa shape index (κ1) is 19.4. The van der Waals surface area contributed by atoms with Crippen molar-refractivity contribution in [3.8, 4) is 5.75 Å². The fourth-order valence-corrected chi connectivity index (χ4v) is 2.10. The van der Waals surface area contributed by atoms with Crippen molar-refractivity contribution in [1.82, 2.24) is 15.5 Å². The van der Waals surface area contributed by atoms with E-state index in [0.717, 1.165) is 12.0 Å². The number of carbonyl (C=O) groups is 1. The monoisotopic (exact) mass is 334 g/mol. The van der Waals surface area contributed by atoms with Crippen LogP contribution in [0.1, 0.15) is 12.0 Å². The van der Waals surface area contributed by atoms with Crippen LogP contribution in [0, 0.1) is 5.53 Å². The minimum Gasteiger partial charge on any atom is -0.508 e. The molecule has 0 aliphatic heterocycles. The maximum atomic E-state index is 11.8. The van der Waals surface area contributed by atoms with Gasteiger partial charge in [-0.05, 0) is 38.2 Å². The zero-order valence-electron chi connectivity index (χ0n) is 14.1. The molecule has 0 aliphatic carbocycles. The van der Waals surface area contributed by atoms with Crippen LogP contribution in [0.5, 0.6) is 5.75 Å². The molecule has 0 saturated carbocycles. The van der Waals surface area contributed by atoms with E-state index in [-0.39, 0.29) is 17.8 Å². The summed E-state index contributed by atoms with van der Waals surface area (Å²) in [6.45, 7) is 0.851. The summed E-state index contributed by atoms with van der Waals surface area (Å²) < 4.78 is 0. The molecule has 0 aromatic heterocycles. The molecule has 0 fully saturated rings. The van der Waals surface area contributed by atoms with Crippen LogP contribution in [-0.2, 0) is 6.42 Å². The Labute approximate surface area is 142 Å². The lowest BCUT2D eigenvalue weighted by Gasteiger charge is -2.25. The van der Waals surface area contributed by atoms with Crippen molar-refractivity contribution in [2.75, 3.05) is 27.2 Å². The van der Waals surface area contributed by atoms with Crippen LogP contribution >= 0.6 is 0 Å². The van der Waals surface area contributed by atoms with Crippen molar-refractivity contribution in [3.05, 3.63) is 41.7 Å². The van der Waals surface area contributed by atoms with Crippen molar-refractivity contribution < 1.29 is 9.90 Å². The van der Waals surface area contributed by atoms with Crippen molar-refractivity contribution in [2.24, 2.45) is 10.8 Å². The van der Waals surface area contributed by atoms with Gasteiger partial charge in [0.05, 0.1) is 5.70 Å². The quantitative estimate of drug-likeness (QED) is 0.437. The molecule has 1 atom stereocenters. The van der Waals surface area contributed by atoms with E-state index in [1.807, 2.05) is 31.1 Å².